The minimum absolute atomic E-state index is 0.0961. The number of carbonyl (C=O) groups is 2. The molecule has 0 aliphatic carbocycles. The summed E-state index contributed by atoms with van der Waals surface area (Å²) in [6.07, 6.45) is 0.0961. The predicted molar refractivity (Wildman–Crippen MR) is 138 cm³/mol. The number of anilines is 2. The van der Waals surface area contributed by atoms with Gasteiger partial charge in [0, 0.05) is 43.0 Å². The molecule has 4 rings (SSSR count). The maximum absolute atomic E-state index is 13.1. The summed E-state index contributed by atoms with van der Waals surface area (Å²) in [7, 11) is -3.58. The summed E-state index contributed by atoms with van der Waals surface area (Å²) in [4.78, 5) is 27.5. The van der Waals surface area contributed by atoms with Crippen LogP contribution in [0.4, 0.5) is 11.4 Å². The molecule has 1 aliphatic heterocycles. The van der Waals surface area contributed by atoms with E-state index in [-0.39, 0.29) is 29.7 Å². The molecule has 0 bridgehead atoms. The van der Waals surface area contributed by atoms with Crippen molar-refractivity contribution in [1.82, 2.24) is 4.31 Å². The summed E-state index contributed by atoms with van der Waals surface area (Å²) in [6.45, 7) is 4.59. The van der Waals surface area contributed by atoms with E-state index in [4.69, 9.17) is 0 Å². The zero-order chi connectivity index (χ0) is 25.0. The zero-order valence-electron chi connectivity index (χ0n) is 19.8. The predicted octanol–water partition coefficient (Wildman–Crippen LogP) is 4.38. The van der Waals surface area contributed by atoms with Crippen molar-refractivity contribution in [3.05, 3.63) is 78.9 Å². The van der Waals surface area contributed by atoms with Crippen LogP contribution in [0.3, 0.4) is 0 Å². The lowest BCUT2D eigenvalue weighted by molar-refractivity contribution is -0.122. The Morgan fingerprint density at radius 1 is 0.943 bits per heavy atom. The van der Waals surface area contributed by atoms with Crippen molar-refractivity contribution >= 4 is 33.2 Å². The van der Waals surface area contributed by atoms with Crippen molar-refractivity contribution in [3.63, 3.8) is 0 Å². The fraction of sp³-hybridized carbons (Fsp3) is 0.259. The average Bonchev–Trinajstić information content (AvgIpc) is 3.27. The van der Waals surface area contributed by atoms with Gasteiger partial charge in [0.25, 0.3) is 0 Å². The molecule has 8 heteroatoms. The monoisotopic (exact) mass is 491 g/mol. The van der Waals surface area contributed by atoms with Gasteiger partial charge in [0.1, 0.15) is 0 Å². The molecule has 1 aliphatic rings. The molecule has 1 N–H and O–H groups in total. The molecule has 1 fully saturated rings. The van der Waals surface area contributed by atoms with Crippen LogP contribution in [-0.4, -0.2) is 44.2 Å². The minimum Gasteiger partial charge on any atom is -0.325 e. The quantitative estimate of drug-likeness (QED) is 0.507. The van der Waals surface area contributed by atoms with Crippen LogP contribution in [-0.2, 0) is 19.6 Å². The number of para-hydroxylation sites is 1. The van der Waals surface area contributed by atoms with E-state index in [1.54, 1.807) is 30.9 Å². The second-order valence-electron chi connectivity index (χ2n) is 8.39. The molecule has 7 nitrogen and oxygen atoms in total. The van der Waals surface area contributed by atoms with E-state index >= 15 is 0 Å². The van der Waals surface area contributed by atoms with E-state index in [2.05, 4.69) is 5.32 Å². The molecule has 35 heavy (non-hydrogen) atoms. The topological polar surface area (TPSA) is 86.8 Å². The van der Waals surface area contributed by atoms with Crippen LogP contribution in [0.1, 0.15) is 20.3 Å². The molecule has 3 aromatic carbocycles. The maximum atomic E-state index is 13.1. The first-order chi connectivity index (χ1) is 16.8. The summed E-state index contributed by atoms with van der Waals surface area (Å²) in [5, 5.41) is 3.00. The third-order valence-corrected chi connectivity index (χ3v) is 8.32. The van der Waals surface area contributed by atoms with Gasteiger partial charge in [-0.15, -0.1) is 0 Å². The number of nitrogens with zero attached hydrogens (tertiary/aromatic N) is 2. The Kier molecular flexibility index (Phi) is 7.33. The molecule has 0 radical (unpaired) electrons. The van der Waals surface area contributed by atoms with Crippen LogP contribution in [0.2, 0.25) is 0 Å². The van der Waals surface area contributed by atoms with Gasteiger partial charge in [0.15, 0.2) is 0 Å². The van der Waals surface area contributed by atoms with Crippen molar-refractivity contribution in [2.75, 3.05) is 29.9 Å². The van der Waals surface area contributed by atoms with Crippen molar-refractivity contribution in [2.24, 2.45) is 5.92 Å². The smallest absolute Gasteiger partial charge is 0.243 e. The van der Waals surface area contributed by atoms with Gasteiger partial charge in [-0.25, -0.2) is 8.42 Å². The number of rotatable bonds is 8. The lowest BCUT2D eigenvalue weighted by Crippen LogP contribution is -2.31. The number of amides is 2. The molecule has 2 amide bonds. The third-order valence-electron chi connectivity index (χ3n) is 6.26. The van der Waals surface area contributed by atoms with Crippen molar-refractivity contribution < 1.29 is 18.0 Å². The van der Waals surface area contributed by atoms with Gasteiger partial charge in [-0.3, -0.25) is 9.59 Å². The molecule has 3 aromatic rings. The highest BCUT2D eigenvalue weighted by Gasteiger charge is 2.35. The van der Waals surface area contributed by atoms with E-state index < -0.39 is 15.9 Å². The van der Waals surface area contributed by atoms with Gasteiger partial charge in [0.2, 0.25) is 21.8 Å². The van der Waals surface area contributed by atoms with Crippen molar-refractivity contribution in [1.29, 1.82) is 0 Å². The van der Waals surface area contributed by atoms with Crippen LogP contribution < -0.4 is 10.2 Å². The number of hydrogen-bond acceptors (Lipinski definition) is 4. The largest absolute Gasteiger partial charge is 0.325 e. The highest BCUT2D eigenvalue weighted by molar-refractivity contribution is 7.89. The van der Waals surface area contributed by atoms with Crippen LogP contribution in [0.5, 0.6) is 0 Å². The Balaban J connectivity index is 1.48. The van der Waals surface area contributed by atoms with Crippen molar-refractivity contribution in [3.8, 4) is 11.1 Å². The SMILES string of the molecule is CCN(CC)S(=O)(=O)c1ccc(N2C[C@@H](C(=O)Nc3ccccc3-c3ccccc3)CC2=O)cc1. The summed E-state index contributed by atoms with van der Waals surface area (Å²) < 4.78 is 26.8. The molecule has 1 heterocycles. The first kappa shape index (κ1) is 24.6. The lowest BCUT2D eigenvalue weighted by Gasteiger charge is -2.20. The Bertz CT molecular complexity index is 1300. The molecular weight excluding hydrogens is 462 g/mol. The maximum Gasteiger partial charge on any atom is 0.243 e. The Morgan fingerprint density at radius 2 is 1.57 bits per heavy atom. The van der Waals surface area contributed by atoms with Gasteiger partial charge in [-0.05, 0) is 35.9 Å². The number of sulfonamides is 1. The van der Waals surface area contributed by atoms with Gasteiger partial charge < -0.3 is 10.2 Å². The highest BCUT2D eigenvalue weighted by atomic mass is 32.2. The normalized spacial score (nSPS) is 16.0. The zero-order valence-corrected chi connectivity index (χ0v) is 20.7. The van der Waals surface area contributed by atoms with E-state index in [1.165, 1.54) is 16.4 Å². The van der Waals surface area contributed by atoms with E-state index in [9.17, 15) is 18.0 Å². The molecule has 0 unspecified atom stereocenters. The number of benzene rings is 3. The first-order valence-corrected chi connectivity index (χ1v) is 13.1. The second kappa shape index (κ2) is 10.4. The highest BCUT2D eigenvalue weighted by Crippen LogP contribution is 2.31. The van der Waals surface area contributed by atoms with E-state index in [1.807, 2.05) is 54.6 Å². The first-order valence-electron chi connectivity index (χ1n) is 11.7. The molecule has 0 saturated carbocycles. The Hall–Kier alpha value is -3.49. The van der Waals surface area contributed by atoms with Crippen LogP contribution in [0.25, 0.3) is 11.1 Å². The molecule has 0 aromatic heterocycles. The molecule has 1 saturated heterocycles. The summed E-state index contributed by atoms with van der Waals surface area (Å²) in [5.74, 6) is -0.892. The summed E-state index contributed by atoms with van der Waals surface area (Å²) >= 11 is 0. The summed E-state index contributed by atoms with van der Waals surface area (Å²) in [6, 6.07) is 23.7. The van der Waals surface area contributed by atoms with Crippen LogP contribution in [0.15, 0.2) is 83.8 Å². The van der Waals surface area contributed by atoms with Crippen LogP contribution >= 0.6 is 0 Å². The molecular formula is C27H29N3O4S. The van der Waals surface area contributed by atoms with E-state index in [0.29, 0.717) is 24.5 Å². The van der Waals surface area contributed by atoms with E-state index in [0.717, 1.165) is 11.1 Å². The van der Waals surface area contributed by atoms with Gasteiger partial charge in [-0.2, -0.15) is 4.31 Å². The van der Waals surface area contributed by atoms with Gasteiger partial charge >= 0.3 is 0 Å². The average molecular weight is 492 g/mol. The Morgan fingerprint density at radius 3 is 2.23 bits per heavy atom. The fourth-order valence-corrected chi connectivity index (χ4v) is 5.80. The standard InChI is InChI=1S/C27H29N3O4S/c1-3-29(4-2)35(33,34)23-16-14-22(15-17-23)30-19-21(18-26(30)31)27(32)28-25-13-9-8-12-24(25)20-10-6-5-7-11-20/h5-17,21H,3-4,18-19H2,1-2H3,(H,28,32)/t21-/m0/s1. The third kappa shape index (κ3) is 5.13. The van der Waals surface area contributed by atoms with Crippen molar-refractivity contribution in [2.45, 2.75) is 25.2 Å². The molecule has 0 spiro atoms. The number of carbonyl (C=O) groups excluding carboxylic acids is 2. The van der Waals surface area contributed by atoms with Gasteiger partial charge in [-0.1, -0.05) is 62.4 Å². The number of nitrogens with one attached hydrogen (secondary N) is 1. The second-order valence-corrected chi connectivity index (χ2v) is 10.3. The fourth-order valence-electron chi connectivity index (χ4n) is 4.34. The number of hydrogen-bond donors (Lipinski definition) is 1. The minimum atomic E-state index is -3.58. The lowest BCUT2D eigenvalue weighted by atomic mass is 10.0. The summed E-state index contributed by atoms with van der Waals surface area (Å²) in [5.41, 5.74) is 3.17. The Labute approximate surface area is 206 Å². The molecule has 182 valence electrons. The molecule has 1 atom stereocenters. The van der Waals surface area contributed by atoms with Crippen LogP contribution in [0, 0.1) is 5.92 Å². The van der Waals surface area contributed by atoms with Gasteiger partial charge in [0.05, 0.1) is 10.8 Å².